The number of pyridine rings is 1. The van der Waals surface area contributed by atoms with Crippen molar-refractivity contribution in [3.63, 3.8) is 0 Å². The zero-order chi connectivity index (χ0) is 20.7. The molecule has 0 saturated heterocycles. The predicted octanol–water partition coefficient (Wildman–Crippen LogP) is 2.68. The number of carbonyl (C=O) groups is 2. The van der Waals surface area contributed by atoms with Gasteiger partial charge in [0.2, 0.25) is 0 Å². The number of nitrogen functional groups attached to an aromatic ring is 1. The summed E-state index contributed by atoms with van der Waals surface area (Å²) >= 11 is 1.58. The number of nitrogens with zero attached hydrogens (tertiary/aromatic N) is 3. The lowest BCUT2D eigenvalue weighted by molar-refractivity contribution is -0.143. The van der Waals surface area contributed by atoms with Crippen molar-refractivity contribution in [2.24, 2.45) is 5.92 Å². The van der Waals surface area contributed by atoms with Gasteiger partial charge in [0.05, 0.1) is 40.8 Å². The highest BCUT2D eigenvalue weighted by molar-refractivity contribution is 7.16. The highest BCUT2D eigenvalue weighted by atomic mass is 32.1. The molecule has 154 valence electrons. The fraction of sp³-hybridized carbons (Fsp3) is 0.333. The van der Waals surface area contributed by atoms with E-state index in [1.807, 2.05) is 18.2 Å². The molecule has 2 aliphatic rings. The molecule has 1 saturated carbocycles. The largest absolute Gasteiger partial charge is 0.383 e. The van der Waals surface area contributed by atoms with E-state index in [-0.39, 0.29) is 0 Å². The number of benzene rings is 1. The van der Waals surface area contributed by atoms with Gasteiger partial charge in [-0.25, -0.2) is 9.97 Å². The average Bonchev–Trinajstić information content (AvgIpc) is 3.22. The summed E-state index contributed by atoms with van der Waals surface area (Å²) < 4.78 is 6.52. The summed E-state index contributed by atoms with van der Waals surface area (Å²) in [5.41, 5.74) is 11.6. The van der Waals surface area contributed by atoms with Crippen LogP contribution in [-0.2, 0) is 34.1 Å². The van der Waals surface area contributed by atoms with E-state index in [2.05, 4.69) is 15.3 Å². The molecule has 3 aromatic rings. The molecule has 3 N–H and O–H groups in total. The molecular formula is C21H21N5O3S. The van der Waals surface area contributed by atoms with Crippen LogP contribution < -0.4 is 11.1 Å². The monoisotopic (exact) mass is 423 g/mol. The first-order valence-electron chi connectivity index (χ1n) is 9.85. The van der Waals surface area contributed by atoms with Crippen molar-refractivity contribution < 1.29 is 14.3 Å². The van der Waals surface area contributed by atoms with E-state index in [0.717, 1.165) is 39.7 Å². The third kappa shape index (κ3) is 3.73. The third-order valence-corrected chi connectivity index (χ3v) is 6.31. The van der Waals surface area contributed by atoms with Gasteiger partial charge < -0.3 is 20.7 Å². The van der Waals surface area contributed by atoms with Gasteiger partial charge in [-0.3, -0.25) is 9.59 Å². The topological polar surface area (TPSA) is 110 Å². The minimum atomic E-state index is -0.675. The van der Waals surface area contributed by atoms with Crippen molar-refractivity contribution in [3.8, 4) is 0 Å². The zero-order valence-electron chi connectivity index (χ0n) is 16.3. The van der Waals surface area contributed by atoms with E-state index in [4.69, 9.17) is 10.5 Å². The Morgan fingerprint density at radius 1 is 1.23 bits per heavy atom. The molecule has 1 aromatic carbocycles. The van der Waals surface area contributed by atoms with Gasteiger partial charge in [0, 0.05) is 24.2 Å². The second kappa shape index (κ2) is 7.66. The summed E-state index contributed by atoms with van der Waals surface area (Å²) in [6, 6.07) is 5.97. The number of hydrogen-bond donors (Lipinski definition) is 2. The van der Waals surface area contributed by atoms with Gasteiger partial charge in [0.25, 0.3) is 0 Å². The van der Waals surface area contributed by atoms with E-state index in [1.54, 1.807) is 21.7 Å². The molecule has 0 radical (unpaired) electrons. The first kappa shape index (κ1) is 19.0. The number of thiazole rings is 1. The summed E-state index contributed by atoms with van der Waals surface area (Å²) in [6.45, 7) is 1.64. The van der Waals surface area contributed by atoms with Crippen LogP contribution in [0, 0.1) is 5.92 Å². The smallest absolute Gasteiger partial charge is 0.313 e. The number of nitrogens with two attached hydrogens (primary N) is 1. The van der Waals surface area contributed by atoms with Gasteiger partial charge in [0.1, 0.15) is 5.82 Å². The average molecular weight is 423 g/mol. The molecule has 0 atom stereocenters. The van der Waals surface area contributed by atoms with Crippen molar-refractivity contribution in [1.29, 1.82) is 0 Å². The summed E-state index contributed by atoms with van der Waals surface area (Å²) in [7, 11) is 0. The Morgan fingerprint density at radius 2 is 2.07 bits per heavy atom. The number of anilines is 2. The maximum Gasteiger partial charge on any atom is 0.313 e. The van der Waals surface area contributed by atoms with Gasteiger partial charge in [-0.05, 0) is 36.5 Å². The molecule has 1 aliphatic carbocycles. The van der Waals surface area contributed by atoms with Gasteiger partial charge >= 0.3 is 11.8 Å². The van der Waals surface area contributed by atoms with E-state index in [9.17, 15) is 9.59 Å². The van der Waals surface area contributed by atoms with Gasteiger partial charge in [-0.1, -0.05) is 6.07 Å². The van der Waals surface area contributed by atoms with Gasteiger partial charge in [-0.15, -0.1) is 11.3 Å². The maximum absolute atomic E-state index is 13.0. The normalized spacial score (nSPS) is 15.2. The summed E-state index contributed by atoms with van der Waals surface area (Å²) in [6.07, 6.45) is 3.65. The van der Waals surface area contributed by atoms with Crippen LogP contribution >= 0.6 is 11.3 Å². The number of fused-ring (bicyclic) bond motifs is 2. The van der Waals surface area contributed by atoms with Crippen LogP contribution in [0.5, 0.6) is 0 Å². The molecule has 30 heavy (non-hydrogen) atoms. The quantitative estimate of drug-likeness (QED) is 0.611. The molecule has 3 heterocycles. The fourth-order valence-corrected chi connectivity index (χ4v) is 4.33. The van der Waals surface area contributed by atoms with E-state index >= 15 is 0 Å². The van der Waals surface area contributed by atoms with Crippen LogP contribution in [-0.4, -0.2) is 33.2 Å². The van der Waals surface area contributed by atoms with Gasteiger partial charge in [0.15, 0.2) is 0 Å². The Morgan fingerprint density at radius 3 is 2.90 bits per heavy atom. The first-order chi connectivity index (χ1) is 14.6. The molecule has 5 rings (SSSR count). The SMILES string of the molecule is Nc1ncc(NC(=O)C(=O)N(Cc2ccc3scnc3c2)CC2CC2)c2c1COC2. The first-order valence-corrected chi connectivity index (χ1v) is 10.7. The highest BCUT2D eigenvalue weighted by Crippen LogP contribution is 2.32. The minimum Gasteiger partial charge on any atom is -0.383 e. The van der Waals surface area contributed by atoms with Crippen molar-refractivity contribution in [1.82, 2.24) is 14.9 Å². The van der Waals surface area contributed by atoms with E-state index in [1.165, 1.54) is 6.20 Å². The fourth-order valence-electron chi connectivity index (χ4n) is 3.67. The molecule has 0 spiro atoms. The molecule has 1 aliphatic heterocycles. The Kier molecular flexibility index (Phi) is 4.84. The molecular weight excluding hydrogens is 402 g/mol. The Bertz CT molecular complexity index is 1140. The summed E-state index contributed by atoms with van der Waals surface area (Å²) in [5, 5.41) is 2.72. The second-order valence-electron chi connectivity index (χ2n) is 7.74. The number of carbonyl (C=O) groups excluding carboxylic acids is 2. The minimum absolute atomic E-state index is 0.339. The number of amides is 2. The predicted molar refractivity (Wildman–Crippen MR) is 114 cm³/mol. The van der Waals surface area contributed by atoms with Crippen LogP contribution in [0.1, 0.15) is 29.5 Å². The lowest BCUT2D eigenvalue weighted by Gasteiger charge is -2.22. The molecule has 8 nitrogen and oxygen atoms in total. The second-order valence-corrected chi connectivity index (χ2v) is 8.63. The molecule has 2 aromatic heterocycles. The van der Waals surface area contributed by atoms with Crippen molar-refractivity contribution in [2.45, 2.75) is 32.6 Å². The highest BCUT2D eigenvalue weighted by Gasteiger charge is 2.31. The van der Waals surface area contributed by atoms with Crippen molar-refractivity contribution in [3.05, 3.63) is 46.6 Å². The summed E-state index contributed by atoms with van der Waals surface area (Å²) in [4.78, 5) is 35.9. The standard InChI is InChI=1S/C21H21N5O3S/c22-19-15-10-29-9-14(15)17(6-23-19)25-20(27)21(28)26(7-12-1-2-12)8-13-3-4-18-16(5-13)24-11-30-18/h3-6,11-12H,1-2,7-10H2,(H2,22,23)(H,25,27). The number of aromatic nitrogens is 2. The van der Waals surface area contributed by atoms with E-state index < -0.39 is 11.8 Å². The molecule has 0 unspecified atom stereocenters. The molecule has 1 fully saturated rings. The number of rotatable bonds is 5. The number of ether oxygens (including phenoxy) is 1. The molecule has 9 heteroatoms. The maximum atomic E-state index is 13.0. The van der Waals surface area contributed by atoms with Crippen LogP contribution in [0.4, 0.5) is 11.5 Å². The lowest BCUT2D eigenvalue weighted by atomic mass is 10.1. The van der Waals surface area contributed by atoms with E-state index in [0.29, 0.717) is 43.7 Å². The Balaban J connectivity index is 1.34. The summed E-state index contributed by atoms with van der Waals surface area (Å²) in [5.74, 6) is -0.379. The van der Waals surface area contributed by atoms with Crippen molar-refractivity contribution in [2.75, 3.05) is 17.6 Å². The molecule has 0 bridgehead atoms. The van der Waals surface area contributed by atoms with Gasteiger partial charge in [-0.2, -0.15) is 0 Å². The number of hydrogen-bond acceptors (Lipinski definition) is 7. The van der Waals surface area contributed by atoms with Crippen LogP contribution in [0.3, 0.4) is 0 Å². The van der Waals surface area contributed by atoms with Crippen LogP contribution in [0.15, 0.2) is 29.9 Å². The van der Waals surface area contributed by atoms with Crippen LogP contribution in [0.2, 0.25) is 0 Å². The van der Waals surface area contributed by atoms with Crippen LogP contribution in [0.25, 0.3) is 10.2 Å². The third-order valence-electron chi connectivity index (χ3n) is 5.50. The lowest BCUT2D eigenvalue weighted by Crippen LogP contribution is -2.40. The molecule has 2 amide bonds. The Labute approximate surface area is 177 Å². The number of nitrogens with one attached hydrogen (secondary N) is 1. The zero-order valence-corrected chi connectivity index (χ0v) is 17.1. The van der Waals surface area contributed by atoms with Crippen molar-refractivity contribution >= 4 is 44.9 Å². The Hall–Kier alpha value is -3.04.